The molecule has 0 bridgehead atoms. The molecule has 6 nitrogen and oxygen atoms in total. The first-order valence-corrected chi connectivity index (χ1v) is 11.7. The van der Waals surface area contributed by atoms with E-state index in [1.807, 2.05) is 91.0 Å². The molecule has 6 atom stereocenters. The zero-order valence-corrected chi connectivity index (χ0v) is 18.9. The molecule has 0 radical (unpaired) electrons. The lowest BCUT2D eigenvalue weighted by Crippen LogP contribution is -2.64. The molecule has 34 heavy (non-hydrogen) atoms. The molecule has 178 valence electrons. The predicted molar refractivity (Wildman–Crippen MR) is 126 cm³/mol. The van der Waals surface area contributed by atoms with Crippen molar-refractivity contribution < 1.29 is 28.8 Å². The average Bonchev–Trinajstić information content (AvgIpc) is 3.39. The molecule has 1 aliphatic carbocycles. The minimum Gasteiger partial charge on any atom is -0.387 e. The molecule has 1 saturated carbocycles. The molecule has 1 saturated heterocycles. The van der Waals surface area contributed by atoms with Gasteiger partial charge in [0.25, 0.3) is 0 Å². The Morgan fingerprint density at radius 3 is 1.47 bits per heavy atom. The molecule has 5 rings (SSSR count). The third kappa shape index (κ3) is 5.39. The van der Waals surface area contributed by atoms with Gasteiger partial charge in [0.2, 0.25) is 0 Å². The lowest BCUT2D eigenvalue weighted by molar-refractivity contribution is -0.241. The largest absolute Gasteiger partial charge is 0.387 e. The lowest BCUT2D eigenvalue weighted by atomic mass is 9.84. The van der Waals surface area contributed by atoms with Crippen molar-refractivity contribution in [2.45, 2.75) is 56.4 Å². The third-order valence-corrected chi connectivity index (χ3v) is 6.35. The number of ether oxygens (including phenoxy) is 5. The molecular formula is C28H30O6. The van der Waals surface area contributed by atoms with Gasteiger partial charge in [0, 0.05) is 0 Å². The summed E-state index contributed by atoms with van der Waals surface area (Å²) in [6.07, 6.45) is -3.57. The fourth-order valence-corrected chi connectivity index (χ4v) is 4.59. The topological polar surface area (TPSA) is 66.4 Å². The average molecular weight is 463 g/mol. The summed E-state index contributed by atoms with van der Waals surface area (Å²) in [6, 6.07) is 29.8. The van der Waals surface area contributed by atoms with Crippen molar-refractivity contribution >= 4 is 0 Å². The first-order valence-electron chi connectivity index (χ1n) is 11.7. The summed E-state index contributed by atoms with van der Waals surface area (Å²) in [5, 5.41) is 11.2. The van der Waals surface area contributed by atoms with Gasteiger partial charge in [0.1, 0.15) is 43.4 Å². The monoisotopic (exact) mass is 462 g/mol. The molecule has 1 aliphatic heterocycles. The Morgan fingerprint density at radius 1 is 0.559 bits per heavy atom. The van der Waals surface area contributed by atoms with Gasteiger partial charge in [-0.25, -0.2) is 0 Å². The quantitative estimate of drug-likeness (QED) is 0.521. The van der Waals surface area contributed by atoms with E-state index in [0.717, 1.165) is 16.7 Å². The fourth-order valence-electron chi connectivity index (χ4n) is 4.59. The van der Waals surface area contributed by atoms with Crippen LogP contribution in [0.15, 0.2) is 91.0 Å². The van der Waals surface area contributed by atoms with Crippen LogP contribution in [0.5, 0.6) is 0 Å². The minimum absolute atomic E-state index is 0.106. The Labute approximate surface area is 200 Å². The summed E-state index contributed by atoms with van der Waals surface area (Å²) >= 11 is 0. The van der Waals surface area contributed by atoms with E-state index in [4.69, 9.17) is 23.7 Å². The van der Waals surface area contributed by atoms with Gasteiger partial charge in [-0.15, -0.1) is 0 Å². The predicted octanol–water partition coefficient (Wildman–Crippen LogP) is 3.86. The van der Waals surface area contributed by atoms with Crippen LogP contribution in [0.1, 0.15) is 16.7 Å². The van der Waals surface area contributed by atoms with Crippen molar-refractivity contribution in [2.75, 3.05) is 6.79 Å². The van der Waals surface area contributed by atoms with Crippen molar-refractivity contribution in [1.29, 1.82) is 0 Å². The van der Waals surface area contributed by atoms with Crippen LogP contribution in [-0.4, -0.2) is 48.5 Å². The number of hydrogen-bond donors (Lipinski definition) is 1. The highest BCUT2D eigenvalue weighted by Gasteiger charge is 2.56. The normalized spacial score (nSPS) is 28.5. The first-order chi connectivity index (χ1) is 16.8. The molecule has 1 heterocycles. The van der Waals surface area contributed by atoms with Crippen LogP contribution in [0.4, 0.5) is 0 Å². The van der Waals surface area contributed by atoms with Crippen molar-refractivity contribution in [3.8, 4) is 0 Å². The number of fused-ring (bicyclic) bond motifs is 1. The zero-order chi connectivity index (χ0) is 23.2. The van der Waals surface area contributed by atoms with Gasteiger partial charge in [-0.05, 0) is 16.7 Å². The Bertz CT molecular complexity index is 999. The van der Waals surface area contributed by atoms with Gasteiger partial charge in [-0.2, -0.15) is 0 Å². The van der Waals surface area contributed by atoms with Crippen molar-refractivity contribution in [1.82, 2.24) is 0 Å². The van der Waals surface area contributed by atoms with Crippen LogP contribution in [0.2, 0.25) is 0 Å². The maximum absolute atomic E-state index is 11.2. The van der Waals surface area contributed by atoms with E-state index >= 15 is 0 Å². The Kier molecular flexibility index (Phi) is 7.65. The van der Waals surface area contributed by atoms with E-state index in [0.29, 0.717) is 19.8 Å². The smallest absolute Gasteiger partial charge is 0.148 e. The van der Waals surface area contributed by atoms with Gasteiger partial charge >= 0.3 is 0 Å². The summed E-state index contributed by atoms with van der Waals surface area (Å²) in [6.45, 7) is 1.21. The maximum Gasteiger partial charge on any atom is 0.148 e. The Balaban J connectivity index is 1.38. The maximum atomic E-state index is 11.2. The van der Waals surface area contributed by atoms with E-state index in [2.05, 4.69) is 0 Å². The van der Waals surface area contributed by atoms with E-state index in [1.54, 1.807) is 0 Å². The molecule has 1 N–H and O–H groups in total. The minimum atomic E-state index is -0.909. The molecule has 3 aromatic rings. The van der Waals surface area contributed by atoms with E-state index in [-0.39, 0.29) is 6.79 Å². The zero-order valence-electron chi connectivity index (χ0n) is 18.9. The van der Waals surface area contributed by atoms with Crippen molar-refractivity contribution in [3.05, 3.63) is 108 Å². The second kappa shape index (κ2) is 11.2. The number of benzene rings is 3. The van der Waals surface area contributed by atoms with Crippen LogP contribution in [0.3, 0.4) is 0 Å². The molecule has 6 heteroatoms. The third-order valence-electron chi connectivity index (χ3n) is 6.35. The van der Waals surface area contributed by atoms with E-state index in [1.165, 1.54) is 0 Å². The highest BCUT2D eigenvalue weighted by Crippen LogP contribution is 2.36. The molecule has 0 amide bonds. The fraction of sp³-hybridized carbons (Fsp3) is 0.357. The molecular weight excluding hydrogens is 432 g/mol. The number of rotatable bonds is 9. The van der Waals surface area contributed by atoms with Gasteiger partial charge < -0.3 is 28.8 Å². The highest BCUT2D eigenvalue weighted by molar-refractivity contribution is 5.16. The van der Waals surface area contributed by atoms with Gasteiger partial charge in [0.15, 0.2) is 0 Å². The molecule has 0 spiro atoms. The van der Waals surface area contributed by atoms with Gasteiger partial charge in [-0.1, -0.05) is 91.0 Å². The van der Waals surface area contributed by atoms with Crippen LogP contribution in [0, 0.1) is 0 Å². The Morgan fingerprint density at radius 2 is 0.971 bits per heavy atom. The summed E-state index contributed by atoms with van der Waals surface area (Å²) in [5.41, 5.74) is 3.10. The molecule has 0 unspecified atom stereocenters. The van der Waals surface area contributed by atoms with Crippen molar-refractivity contribution in [3.63, 3.8) is 0 Å². The van der Waals surface area contributed by atoms with E-state index in [9.17, 15) is 5.11 Å². The van der Waals surface area contributed by atoms with Crippen LogP contribution >= 0.6 is 0 Å². The highest BCUT2D eigenvalue weighted by atomic mass is 16.7. The summed E-state index contributed by atoms with van der Waals surface area (Å²) in [7, 11) is 0. The molecule has 2 fully saturated rings. The number of aliphatic hydroxyl groups excluding tert-OH is 1. The molecule has 3 aromatic carbocycles. The molecule has 0 aromatic heterocycles. The second-order valence-corrected chi connectivity index (χ2v) is 8.65. The first kappa shape index (κ1) is 23.2. The number of hydrogen-bond acceptors (Lipinski definition) is 6. The van der Waals surface area contributed by atoms with Gasteiger partial charge in [-0.3, -0.25) is 0 Å². The van der Waals surface area contributed by atoms with E-state index < -0.39 is 36.6 Å². The van der Waals surface area contributed by atoms with Crippen LogP contribution in [-0.2, 0) is 43.5 Å². The molecule has 2 aliphatic rings. The van der Waals surface area contributed by atoms with Crippen LogP contribution < -0.4 is 0 Å². The van der Waals surface area contributed by atoms with Gasteiger partial charge in [0.05, 0.1) is 19.8 Å². The standard InChI is InChI=1S/C28H30O6/c29-23-24(30-16-20-10-4-1-5-11-20)26(31-17-21-12-6-2-7-13-21)28(27-25(23)33-19-34-27)32-18-22-14-8-3-9-15-22/h1-15,23-29H,16-19H2/t23-,24-,25-,26+,27-,28-/m0/s1. The van der Waals surface area contributed by atoms with Crippen molar-refractivity contribution in [2.24, 2.45) is 0 Å². The number of aliphatic hydroxyl groups is 1. The Hall–Kier alpha value is -2.58. The summed E-state index contributed by atoms with van der Waals surface area (Å²) in [5.74, 6) is 0. The summed E-state index contributed by atoms with van der Waals surface area (Å²) in [4.78, 5) is 0. The lowest BCUT2D eigenvalue weighted by Gasteiger charge is -2.45. The van der Waals surface area contributed by atoms with Crippen LogP contribution in [0.25, 0.3) is 0 Å². The summed E-state index contributed by atoms with van der Waals surface area (Å²) < 4.78 is 30.7. The SMILES string of the molecule is O[C@@H]1[C@@H]2OCO[C@@H]2[C@@H](OCc2ccccc2)[C@H](OCc2ccccc2)[C@H]1OCc1ccccc1. The second-order valence-electron chi connectivity index (χ2n) is 8.65.